The van der Waals surface area contributed by atoms with Gasteiger partial charge >= 0.3 is 0 Å². The van der Waals surface area contributed by atoms with E-state index in [2.05, 4.69) is 5.32 Å². The van der Waals surface area contributed by atoms with Crippen molar-refractivity contribution < 1.29 is 9.21 Å². The minimum atomic E-state index is 0.145. The Morgan fingerprint density at radius 2 is 2.54 bits per heavy atom. The van der Waals surface area contributed by atoms with Gasteiger partial charge in [0.25, 0.3) is 0 Å². The second-order valence-corrected chi connectivity index (χ2v) is 3.45. The molecule has 2 heterocycles. The van der Waals surface area contributed by atoms with Crippen LogP contribution in [-0.4, -0.2) is 18.9 Å². The van der Waals surface area contributed by atoms with Crippen molar-refractivity contribution >= 4 is 5.78 Å². The van der Waals surface area contributed by atoms with Crippen LogP contribution < -0.4 is 5.32 Å². The number of hydrogen-bond donors (Lipinski definition) is 1. The lowest BCUT2D eigenvalue weighted by Gasteiger charge is -2.20. The molecule has 13 heavy (non-hydrogen) atoms. The molecule has 0 aromatic carbocycles. The van der Waals surface area contributed by atoms with Crippen molar-refractivity contribution in [2.75, 3.05) is 13.1 Å². The number of piperidine rings is 1. The van der Waals surface area contributed by atoms with Crippen LogP contribution in [0.4, 0.5) is 0 Å². The largest absolute Gasteiger partial charge is 0.472 e. The summed E-state index contributed by atoms with van der Waals surface area (Å²) >= 11 is 0. The fraction of sp³-hybridized carbons (Fsp3) is 0.500. The minimum Gasteiger partial charge on any atom is -0.472 e. The Kier molecular flexibility index (Phi) is 2.45. The summed E-state index contributed by atoms with van der Waals surface area (Å²) < 4.78 is 4.96. The number of Topliss-reactive ketones (excluding diaryl/α,β-unsaturated/α-hetero) is 1. The van der Waals surface area contributed by atoms with Crippen molar-refractivity contribution in [3.8, 4) is 0 Å². The van der Waals surface area contributed by atoms with Gasteiger partial charge in [0.15, 0.2) is 0 Å². The Hall–Kier alpha value is -1.09. The van der Waals surface area contributed by atoms with E-state index in [1.54, 1.807) is 12.5 Å². The molecule has 1 aromatic rings. The molecule has 0 amide bonds. The van der Waals surface area contributed by atoms with Crippen molar-refractivity contribution in [2.45, 2.75) is 12.8 Å². The summed E-state index contributed by atoms with van der Waals surface area (Å²) in [6.45, 7) is 1.64. The summed E-state index contributed by atoms with van der Waals surface area (Å²) in [5.74, 6) is 0.520. The van der Waals surface area contributed by atoms with Crippen LogP contribution in [0.5, 0.6) is 0 Å². The van der Waals surface area contributed by atoms with E-state index in [1.165, 1.54) is 0 Å². The number of hydrogen-bond acceptors (Lipinski definition) is 3. The van der Waals surface area contributed by atoms with Crippen LogP contribution in [0.2, 0.25) is 0 Å². The molecule has 0 radical (unpaired) electrons. The average molecular weight is 179 g/mol. The lowest BCUT2D eigenvalue weighted by Crippen LogP contribution is -2.37. The van der Waals surface area contributed by atoms with Crippen LogP contribution in [0, 0.1) is 5.92 Å². The van der Waals surface area contributed by atoms with Crippen molar-refractivity contribution in [3.63, 3.8) is 0 Å². The third kappa shape index (κ3) is 1.98. The van der Waals surface area contributed by atoms with Gasteiger partial charge in [-0.25, -0.2) is 0 Å². The number of furan rings is 1. The van der Waals surface area contributed by atoms with E-state index >= 15 is 0 Å². The Balaban J connectivity index is 1.97. The first kappa shape index (κ1) is 8.51. The molecule has 1 aliphatic rings. The smallest absolute Gasteiger partial charge is 0.138 e. The molecule has 1 fully saturated rings. The number of nitrogens with one attached hydrogen (secondary N) is 1. The first-order valence-electron chi connectivity index (χ1n) is 4.61. The lowest BCUT2D eigenvalue weighted by molar-refractivity contribution is -0.123. The van der Waals surface area contributed by atoms with Gasteiger partial charge in [0.2, 0.25) is 0 Å². The van der Waals surface area contributed by atoms with Crippen LogP contribution in [0.25, 0.3) is 0 Å². The molecule has 70 valence electrons. The molecule has 1 atom stereocenters. The first-order chi connectivity index (χ1) is 6.36. The molecule has 3 nitrogen and oxygen atoms in total. The molecule has 3 heteroatoms. The predicted molar refractivity (Wildman–Crippen MR) is 48.4 cm³/mol. The highest BCUT2D eigenvalue weighted by Gasteiger charge is 2.22. The van der Waals surface area contributed by atoms with Crippen molar-refractivity contribution in [2.24, 2.45) is 5.92 Å². The Morgan fingerprint density at radius 3 is 3.23 bits per heavy atom. The standard InChI is InChI=1S/C10H13NO2/c12-10-1-3-11-6-9(10)5-8-2-4-13-7-8/h2,4,7,9,11H,1,3,5-6H2. The minimum absolute atomic E-state index is 0.145. The Bertz CT molecular complexity index is 279. The molecule has 2 rings (SSSR count). The van der Waals surface area contributed by atoms with Gasteiger partial charge in [-0.05, 0) is 18.1 Å². The maximum atomic E-state index is 11.4. The third-order valence-corrected chi connectivity index (χ3v) is 2.46. The fourth-order valence-electron chi connectivity index (χ4n) is 1.69. The Morgan fingerprint density at radius 1 is 1.62 bits per heavy atom. The van der Waals surface area contributed by atoms with Gasteiger partial charge < -0.3 is 9.73 Å². The molecule has 0 saturated carbocycles. The van der Waals surface area contributed by atoms with E-state index in [0.29, 0.717) is 12.2 Å². The van der Waals surface area contributed by atoms with E-state index in [4.69, 9.17) is 4.42 Å². The number of carbonyl (C=O) groups is 1. The fourth-order valence-corrected chi connectivity index (χ4v) is 1.69. The van der Waals surface area contributed by atoms with E-state index < -0.39 is 0 Å². The third-order valence-electron chi connectivity index (χ3n) is 2.46. The predicted octanol–water partition coefficient (Wildman–Crippen LogP) is 1.00. The lowest BCUT2D eigenvalue weighted by atomic mass is 9.92. The quantitative estimate of drug-likeness (QED) is 0.736. The van der Waals surface area contributed by atoms with Crippen molar-refractivity contribution in [1.82, 2.24) is 5.32 Å². The second-order valence-electron chi connectivity index (χ2n) is 3.45. The second kappa shape index (κ2) is 3.75. The van der Waals surface area contributed by atoms with Crippen molar-refractivity contribution in [1.29, 1.82) is 0 Å². The highest BCUT2D eigenvalue weighted by atomic mass is 16.3. The van der Waals surface area contributed by atoms with E-state index in [-0.39, 0.29) is 5.92 Å². The summed E-state index contributed by atoms with van der Waals surface area (Å²) in [6.07, 6.45) is 4.84. The maximum absolute atomic E-state index is 11.4. The highest BCUT2D eigenvalue weighted by Crippen LogP contribution is 2.13. The van der Waals surface area contributed by atoms with Crippen molar-refractivity contribution in [3.05, 3.63) is 24.2 Å². The van der Waals surface area contributed by atoms with Gasteiger partial charge in [-0.15, -0.1) is 0 Å². The van der Waals surface area contributed by atoms with Crippen LogP contribution in [-0.2, 0) is 11.2 Å². The molecule has 1 N–H and O–H groups in total. The Labute approximate surface area is 77.1 Å². The molecular weight excluding hydrogens is 166 g/mol. The number of rotatable bonds is 2. The molecule has 0 aliphatic carbocycles. The van der Waals surface area contributed by atoms with Gasteiger partial charge in [0, 0.05) is 25.4 Å². The summed E-state index contributed by atoms with van der Waals surface area (Å²) in [5, 5.41) is 3.23. The molecule has 1 saturated heterocycles. The highest BCUT2D eigenvalue weighted by molar-refractivity contribution is 5.82. The SMILES string of the molecule is O=C1CCNCC1Cc1ccoc1. The zero-order chi connectivity index (χ0) is 9.10. The van der Waals surface area contributed by atoms with Gasteiger partial charge in [-0.1, -0.05) is 0 Å². The zero-order valence-electron chi connectivity index (χ0n) is 7.45. The summed E-state index contributed by atoms with van der Waals surface area (Å²) in [6, 6.07) is 1.92. The average Bonchev–Trinajstić information content (AvgIpc) is 2.61. The van der Waals surface area contributed by atoms with Crippen LogP contribution in [0.15, 0.2) is 23.0 Å². The zero-order valence-corrected chi connectivity index (χ0v) is 7.45. The van der Waals surface area contributed by atoms with Gasteiger partial charge in [0.05, 0.1) is 12.5 Å². The maximum Gasteiger partial charge on any atom is 0.138 e. The normalized spacial score (nSPS) is 23.4. The van der Waals surface area contributed by atoms with Gasteiger partial charge in [-0.3, -0.25) is 4.79 Å². The summed E-state index contributed by atoms with van der Waals surface area (Å²) in [7, 11) is 0. The van der Waals surface area contributed by atoms with Crippen LogP contribution >= 0.6 is 0 Å². The van der Waals surface area contributed by atoms with E-state index in [0.717, 1.165) is 25.1 Å². The van der Waals surface area contributed by atoms with Crippen LogP contribution in [0.1, 0.15) is 12.0 Å². The molecule has 1 aromatic heterocycles. The first-order valence-corrected chi connectivity index (χ1v) is 4.61. The van der Waals surface area contributed by atoms with Gasteiger partial charge in [-0.2, -0.15) is 0 Å². The number of carbonyl (C=O) groups excluding carboxylic acids is 1. The summed E-state index contributed by atoms with van der Waals surface area (Å²) in [4.78, 5) is 11.4. The van der Waals surface area contributed by atoms with Gasteiger partial charge in [0.1, 0.15) is 5.78 Å². The monoisotopic (exact) mass is 179 g/mol. The molecule has 1 aliphatic heterocycles. The number of ketones is 1. The molecular formula is C10H13NO2. The van der Waals surface area contributed by atoms with E-state index in [1.807, 2.05) is 6.07 Å². The molecule has 1 unspecified atom stereocenters. The topological polar surface area (TPSA) is 42.2 Å². The molecule has 0 spiro atoms. The summed E-state index contributed by atoms with van der Waals surface area (Å²) in [5.41, 5.74) is 1.11. The van der Waals surface area contributed by atoms with E-state index in [9.17, 15) is 4.79 Å². The molecule has 0 bridgehead atoms. The van der Waals surface area contributed by atoms with Crippen LogP contribution in [0.3, 0.4) is 0 Å².